The van der Waals surface area contributed by atoms with E-state index in [0.29, 0.717) is 0 Å². The fourth-order valence-corrected chi connectivity index (χ4v) is 3.27. The molecule has 0 bridgehead atoms. The minimum absolute atomic E-state index is 0.783. The van der Waals surface area contributed by atoms with E-state index in [1.807, 2.05) is 18.3 Å². The van der Waals surface area contributed by atoms with E-state index in [9.17, 15) is 0 Å². The van der Waals surface area contributed by atoms with Gasteiger partial charge in [0.1, 0.15) is 5.82 Å². The molecule has 5 nitrogen and oxygen atoms in total. The molecule has 1 fully saturated rings. The third kappa shape index (κ3) is 5.41. The lowest BCUT2D eigenvalue weighted by Gasteiger charge is -2.26. The summed E-state index contributed by atoms with van der Waals surface area (Å²) < 4.78 is 6.45. The van der Waals surface area contributed by atoms with Crippen LogP contribution in [-0.4, -0.2) is 54.3 Å². The summed E-state index contributed by atoms with van der Waals surface area (Å²) >= 11 is 3.50. The lowest BCUT2D eigenvalue weighted by atomic mass is 10.2. The van der Waals surface area contributed by atoms with Crippen molar-refractivity contribution < 1.29 is 4.74 Å². The largest absolute Gasteiger partial charge is 0.379 e. The van der Waals surface area contributed by atoms with Gasteiger partial charge >= 0.3 is 0 Å². The second-order valence-electron chi connectivity index (χ2n) is 6.09. The van der Waals surface area contributed by atoms with E-state index >= 15 is 0 Å². The molecule has 2 heterocycles. The zero-order valence-electron chi connectivity index (χ0n) is 13.9. The molecule has 1 aromatic heterocycles. The number of nitrogens with zero attached hydrogens (tertiary/aromatic N) is 2. The number of aromatic amines is 1. The number of imidazole rings is 1. The molecule has 0 radical (unpaired) electrons. The summed E-state index contributed by atoms with van der Waals surface area (Å²) in [6, 6.07) is 8.24. The van der Waals surface area contributed by atoms with E-state index < -0.39 is 0 Å². The van der Waals surface area contributed by atoms with E-state index in [4.69, 9.17) is 4.74 Å². The van der Waals surface area contributed by atoms with Crippen LogP contribution in [0.25, 0.3) is 11.3 Å². The zero-order chi connectivity index (χ0) is 16.6. The van der Waals surface area contributed by atoms with Crippen LogP contribution >= 0.6 is 15.9 Å². The molecule has 1 aliphatic heterocycles. The Morgan fingerprint density at radius 3 is 2.96 bits per heavy atom. The number of hydrogen-bond donors (Lipinski definition) is 2. The van der Waals surface area contributed by atoms with Gasteiger partial charge in [0.2, 0.25) is 0 Å². The summed E-state index contributed by atoms with van der Waals surface area (Å²) in [7, 11) is 0. The van der Waals surface area contributed by atoms with Crippen molar-refractivity contribution in [1.29, 1.82) is 0 Å². The maximum absolute atomic E-state index is 5.37. The quantitative estimate of drug-likeness (QED) is 0.677. The van der Waals surface area contributed by atoms with Crippen LogP contribution in [-0.2, 0) is 11.3 Å². The van der Waals surface area contributed by atoms with E-state index in [1.165, 1.54) is 19.4 Å². The molecule has 0 aliphatic carbocycles. The summed E-state index contributed by atoms with van der Waals surface area (Å²) in [5.41, 5.74) is 2.20. The first-order valence-corrected chi connectivity index (χ1v) is 9.41. The van der Waals surface area contributed by atoms with Gasteiger partial charge in [0.25, 0.3) is 0 Å². The van der Waals surface area contributed by atoms with Crippen LogP contribution in [0.2, 0.25) is 0 Å². The summed E-state index contributed by atoms with van der Waals surface area (Å²) in [6.45, 7) is 6.92. The van der Waals surface area contributed by atoms with Crippen LogP contribution in [0.1, 0.15) is 18.7 Å². The molecule has 6 heteroatoms. The third-order valence-electron chi connectivity index (χ3n) is 4.24. The number of H-pyrrole nitrogens is 1. The molecule has 0 spiro atoms. The highest BCUT2D eigenvalue weighted by atomic mass is 79.9. The molecule has 0 unspecified atom stereocenters. The fraction of sp³-hybridized carbons (Fsp3) is 0.500. The molecule has 130 valence electrons. The molecule has 2 N–H and O–H groups in total. The highest BCUT2D eigenvalue weighted by molar-refractivity contribution is 9.10. The molecule has 1 aliphatic rings. The Labute approximate surface area is 151 Å². The van der Waals surface area contributed by atoms with Crippen molar-refractivity contribution in [3.05, 3.63) is 40.8 Å². The topological polar surface area (TPSA) is 53.2 Å². The number of hydrogen-bond acceptors (Lipinski definition) is 4. The van der Waals surface area contributed by atoms with Gasteiger partial charge in [-0.1, -0.05) is 28.1 Å². The van der Waals surface area contributed by atoms with Crippen LogP contribution in [0.3, 0.4) is 0 Å². The molecule has 1 saturated heterocycles. The van der Waals surface area contributed by atoms with Crippen LogP contribution in [0, 0.1) is 0 Å². The second kappa shape index (κ2) is 9.32. The Morgan fingerprint density at radius 2 is 2.12 bits per heavy atom. The molecule has 0 amide bonds. The number of ether oxygens (including phenoxy) is 1. The van der Waals surface area contributed by atoms with Gasteiger partial charge in [-0.2, -0.15) is 0 Å². The van der Waals surface area contributed by atoms with Crippen molar-refractivity contribution in [3.63, 3.8) is 0 Å². The van der Waals surface area contributed by atoms with E-state index in [0.717, 1.165) is 60.9 Å². The highest BCUT2D eigenvalue weighted by Gasteiger charge is 2.09. The predicted molar refractivity (Wildman–Crippen MR) is 99.9 cm³/mol. The fourth-order valence-electron chi connectivity index (χ4n) is 2.87. The first-order valence-electron chi connectivity index (χ1n) is 8.62. The van der Waals surface area contributed by atoms with Crippen molar-refractivity contribution in [2.24, 2.45) is 0 Å². The highest BCUT2D eigenvalue weighted by Crippen LogP contribution is 2.21. The summed E-state index contributed by atoms with van der Waals surface area (Å²) in [6.07, 6.45) is 4.32. The van der Waals surface area contributed by atoms with Crippen molar-refractivity contribution in [2.75, 3.05) is 39.4 Å². The Morgan fingerprint density at radius 1 is 1.25 bits per heavy atom. The first kappa shape index (κ1) is 17.6. The van der Waals surface area contributed by atoms with Crippen LogP contribution in [0.4, 0.5) is 0 Å². The number of benzene rings is 1. The van der Waals surface area contributed by atoms with Gasteiger partial charge in [0.05, 0.1) is 31.6 Å². The molecule has 3 rings (SSSR count). The minimum atomic E-state index is 0.783. The monoisotopic (exact) mass is 392 g/mol. The van der Waals surface area contributed by atoms with Crippen LogP contribution < -0.4 is 5.32 Å². The average Bonchev–Trinajstić information content (AvgIpc) is 3.08. The van der Waals surface area contributed by atoms with Crippen molar-refractivity contribution in [3.8, 4) is 11.3 Å². The Balaban J connectivity index is 1.34. The second-order valence-corrected chi connectivity index (χ2v) is 7.01. The number of morpholine rings is 1. The Hall–Kier alpha value is -1.21. The van der Waals surface area contributed by atoms with E-state index in [-0.39, 0.29) is 0 Å². The van der Waals surface area contributed by atoms with Gasteiger partial charge < -0.3 is 15.0 Å². The van der Waals surface area contributed by atoms with Crippen molar-refractivity contribution >= 4 is 15.9 Å². The van der Waals surface area contributed by atoms with Gasteiger partial charge in [-0.15, -0.1) is 0 Å². The third-order valence-corrected chi connectivity index (χ3v) is 4.73. The number of aromatic nitrogens is 2. The maximum Gasteiger partial charge on any atom is 0.120 e. The molecular weight excluding hydrogens is 368 g/mol. The smallest absolute Gasteiger partial charge is 0.120 e. The number of halogens is 1. The van der Waals surface area contributed by atoms with Gasteiger partial charge in [-0.25, -0.2) is 4.98 Å². The standard InChI is InChI=1S/C18H25BrN4O/c19-16-5-3-4-15(12-16)17-13-21-18(22-17)14-20-6-1-2-7-23-8-10-24-11-9-23/h3-5,12-13,20H,1-2,6-11,14H2,(H,21,22). The number of nitrogens with one attached hydrogen (secondary N) is 2. The van der Waals surface area contributed by atoms with Crippen molar-refractivity contribution in [1.82, 2.24) is 20.2 Å². The zero-order valence-corrected chi connectivity index (χ0v) is 15.5. The van der Waals surface area contributed by atoms with E-state index in [2.05, 4.69) is 48.2 Å². The molecule has 24 heavy (non-hydrogen) atoms. The summed E-state index contributed by atoms with van der Waals surface area (Å²) in [4.78, 5) is 10.3. The van der Waals surface area contributed by atoms with Crippen LogP contribution in [0.15, 0.2) is 34.9 Å². The van der Waals surface area contributed by atoms with Gasteiger partial charge in [-0.05, 0) is 38.1 Å². The average molecular weight is 393 g/mol. The normalized spacial score (nSPS) is 15.7. The molecule has 2 aromatic rings. The maximum atomic E-state index is 5.37. The van der Waals surface area contributed by atoms with Gasteiger partial charge in [-0.3, -0.25) is 4.90 Å². The van der Waals surface area contributed by atoms with Gasteiger partial charge in [0.15, 0.2) is 0 Å². The van der Waals surface area contributed by atoms with E-state index in [1.54, 1.807) is 0 Å². The molecule has 0 atom stereocenters. The Kier molecular flexibility index (Phi) is 6.84. The molecule has 1 aromatic carbocycles. The van der Waals surface area contributed by atoms with Gasteiger partial charge in [0, 0.05) is 23.1 Å². The molecular formula is C18H25BrN4O. The Bertz CT molecular complexity index is 625. The number of unbranched alkanes of at least 4 members (excludes halogenated alkanes) is 1. The van der Waals surface area contributed by atoms with Crippen molar-refractivity contribution in [2.45, 2.75) is 19.4 Å². The van der Waals surface area contributed by atoms with Crippen LogP contribution in [0.5, 0.6) is 0 Å². The SMILES string of the molecule is Brc1cccc(-c2cnc(CNCCCCN3CCOCC3)[nH]2)c1. The lowest BCUT2D eigenvalue weighted by Crippen LogP contribution is -2.37. The number of rotatable bonds is 8. The summed E-state index contributed by atoms with van der Waals surface area (Å²) in [5.74, 6) is 0.984. The predicted octanol–water partition coefficient (Wildman–Crippen LogP) is 3.04. The minimum Gasteiger partial charge on any atom is -0.379 e. The molecule has 0 saturated carbocycles. The lowest BCUT2D eigenvalue weighted by molar-refractivity contribution is 0.0372. The summed E-state index contributed by atoms with van der Waals surface area (Å²) in [5, 5.41) is 3.47. The first-order chi connectivity index (χ1) is 11.8.